The number of hydrogen-bond donors (Lipinski definition) is 2. The van der Waals surface area contributed by atoms with E-state index in [1.807, 2.05) is 6.92 Å². The molecule has 1 amide bonds. The summed E-state index contributed by atoms with van der Waals surface area (Å²) in [5.41, 5.74) is 4.89. The zero-order valence-electron chi connectivity index (χ0n) is 11.0. The fourth-order valence-electron chi connectivity index (χ4n) is 2.51. The number of rotatable bonds is 6. The van der Waals surface area contributed by atoms with Crippen molar-refractivity contribution in [1.82, 2.24) is 4.90 Å². The molecular formula is C12H22N2O4. The van der Waals surface area contributed by atoms with E-state index in [1.54, 1.807) is 4.90 Å². The molecule has 0 aromatic rings. The third-order valence-corrected chi connectivity index (χ3v) is 3.51. The van der Waals surface area contributed by atoms with Crippen LogP contribution in [0.15, 0.2) is 0 Å². The number of likely N-dealkylation sites (tertiary alicyclic amines) is 1. The second-order valence-corrected chi connectivity index (χ2v) is 4.91. The Labute approximate surface area is 107 Å². The molecule has 1 aliphatic rings. The molecule has 3 N–H and O–H groups in total. The SMILES string of the molecule is CCCC1(C(=O)O)CCN(C(=O)C(N)COC)C1. The molecule has 1 fully saturated rings. The van der Waals surface area contributed by atoms with Crippen molar-refractivity contribution in [3.8, 4) is 0 Å². The molecule has 2 atom stereocenters. The van der Waals surface area contributed by atoms with E-state index in [2.05, 4.69) is 0 Å². The first-order valence-electron chi connectivity index (χ1n) is 6.23. The van der Waals surface area contributed by atoms with Crippen LogP contribution < -0.4 is 5.73 Å². The van der Waals surface area contributed by atoms with Crippen molar-refractivity contribution in [3.63, 3.8) is 0 Å². The lowest BCUT2D eigenvalue weighted by Gasteiger charge is -2.25. The van der Waals surface area contributed by atoms with Gasteiger partial charge in [-0.15, -0.1) is 0 Å². The van der Waals surface area contributed by atoms with Crippen LogP contribution in [0.4, 0.5) is 0 Å². The zero-order valence-corrected chi connectivity index (χ0v) is 11.0. The van der Waals surface area contributed by atoms with Crippen LogP contribution in [0.3, 0.4) is 0 Å². The number of amides is 1. The molecule has 104 valence electrons. The minimum atomic E-state index is -0.819. The summed E-state index contributed by atoms with van der Waals surface area (Å²) in [5.74, 6) is -1.05. The molecular weight excluding hydrogens is 236 g/mol. The van der Waals surface area contributed by atoms with Crippen molar-refractivity contribution in [2.24, 2.45) is 11.1 Å². The van der Waals surface area contributed by atoms with Gasteiger partial charge in [-0.1, -0.05) is 13.3 Å². The number of methoxy groups -OCH3 is 1. The smallest absolute Gasteiger partial charge is 0.311 e. The van der Waals surface area contributed by atoms with Crippen LogP contribution in [0, 0.1) is 5.41 Å². The van der Waals surface area contributed by atoms with Crippen molar-refractivity contribution in [2.45, 2.75) is 32.2 Å². The van der Waals surface area contributed by atoms with Crippen LogP contribution in [0.25, 0.3) is 0 Å². The first-order chi connectivity index (χ1) is 8.46. The van der Waals surface area contributed by atoms with Gasteiger partial charge in [0.05, 0.1) is 12.0 Å². The summed E-state index contributed by atoms with van der Waals surface area (Å²) in [4.78, 5) is 24.9. The lowest BCUT2D eigenvalue weighted by Crippen LogP contribution is -2.46. The largest absolute Gasteiger partial charge is 0.481 e. The Hall–Kier alpha value is -1.14. The number of carboxylic acids is 1. The third kappa shape index (κ3) is 3.00. The average molecular weight is 258 g/mol. The molecule has 0 saturated carbocycles. The summed E-state index contributed by atoms with van der Waals surface area (Å²) in [6, 6.07) is -0.707. The van der Waals surface area contributed by atoms with E-state index >= 15 is 0 Å². The van der Waals surface area contributed by atoms with E-state index in [0.29, 0.717) is 19.4 Å². The van der Waals surface area contributed by atoms with Crippen molar-refractivity contribution >= 4 is 11.9 Å². The van der Waals surface area contributed by atoms with Gasteiger partial charge in [0.25, 0.3) is 0 Å². The van der Waals surface area contributed by atoms with Crippen molar-refractivity contribution < 1.29 is 19.4 Å². The van der Waals surface area contributed by atoms with Gasteiger partial charge in [-0.25, -0.2) is 0 Å². The maximum absolute atomic E-state index is 12.0. The summed E-state index contributed by atoms with van der Waals surface area (Å²) < 4.78 is 4.84. The summed E-state index contributed by atoms with van der Waals surface area (Å²) in [5, 5.41) is 9.34. The molecule has 0 spiro atoms. The van der Waals surface area contributed by atoms with Gasteiger partial charge < -0.3 is 20.5 Å². The highest BCUT2D eigenvalue weighted by atomic mass is 16.5. The van der Waals surface area contributed by atoms with Crippen molar-refractivity contribution in [3.05, 3.63) is 0 Å². The minimum absolute atomic E-state index is 0.156. The molecule has 1 saturated heterocycles. The molecule has 0 aromatic heterocycles. The Morgan fingerprint density at radius 2 is 2.22 bits per heavy atom. The topological polar surface area (TPSA) is 92.9 Å². The minimum Gasteiger partial charge on any atom is -0.481 e. The van der Waals surface area contributed by atoms with Gasteiger partial charge in [0, 0.05) is 20.2 Å². The summed E-state index contributed by atoms with van der Waals surface area (Å²) in [6.45, 7) is 2.82. The maximum atomic E-state index is 12.0. The van der Waals surface area contributed by atoms with Gasteiger partial charge in [-0.05, 0) is 12.8 Å². The fourth-order valence-corrected chi connectivity index (χ4v) is 2.51. The number of carboxylic acid groups (broad SMARTS) is 1. The van der Waals surface area contributed by atoms with Gasteiger partial charge in [0.1, 0.15) is 6.04 Å². The number of hydrogen-bond acceptors (Lipinski definition) is 4. The first-order valence-corrected chi connectivity index (χ1v) is 6.23. The lowest BCUT2D eigenvalue weighted by atomic mass is 9.83. The first kappa shape index (κ1) is 14.9. The van der Waals surface area contributed by atoms with Gasteiger partial charge in [-0.3, -0.25) is 9.59 Å². The molecule has 0 aliphatic carbocycles. The molecule has 0 aromatic carbocycles. The predicted octanol–water partition coefficient (Wildman–Crippen LogP) is 0.0635. The molecule has 6 heteroatoms. The second kappa shape index (κ2) is 6.15. The molecule has 0 bridgehead atoms. The van der Waals surface area contributed by atoms with Crippen LogP contribution >= 0.6 is 0 Å². The lowest BCUT2D eigenvalue weighted by molar-refractivity contribution is -0.149. The quantitative estimate of drug-likeness (QED) is 0.703. The van der Waals surface area contributed by atoms with E-state index in [4.69, 9.17) is 10.5 Å². The Balaban J connectivity index is 2.69. The molecule has 1 heterocycles. The Kier molecular flexibility index (Phi) is 5.10. The van der Waals surface area contributed by atoms with Crippen LogP contribution in [0.5, 0.6) is 0 Å². The zero-order chi connectivity index (χ0) is 13.8. The van der Waals surface area contributed by atoms with Crippen LogP contribution in [-0.4, -0.2) is 54.7 Å². The fraction of sp³-hybridized carbons (Fsp3) is 0.833. The maximum Gasteiger partial charge on any atom is 0.311 e. The Bertz CT molecular complexity index is 321. The number of carbonyl (C=O) groups is 2. The standard InChI is InChI=1S/C12H22N2O4/c1-3-4-12(11(16)17)5-6-14(8-12)10(15)9(13)7-18-2/h9H,3-8,13H2,1-2H3,(H,16,17). The van der Waals surface area contributed by atoms with Gasteiger partial charge in [0.15, 0.2) is 0 Å². The van der Waals surface area contributed by atoms with E-state index < -0.39 is 17.4 Å². The highest BCUT2D eigenvalue weighted by molar-refractivity contribution is 5.84. The molecule has 2 unspecified atom stereocenters. The normalized spacial score (nSPS) is 25.2. The molecule has 1 aliphatic heterocycles. The third-order valence-electron chi connectivity index (χ3n) is 3.51. The summed E-state index contributed by atoms with van der Waals surface area (Å²) >= 11 is 0. The average Bonchev–Trinajstić information content (AvgIpc) is 2.74. The number of aliphatic carboxylic acids is 1. The summed E-state index contributed by atoms with van der Waals surface area (Å²) in [7, 11) is 1.48. The molecule has 1 rings (SSSR count). The predicted molar refractivity (Wildman–Crippen MR) is 66.0 cm³/mol. The van der Waals surface area contributed by atoms with Crippen LogP contribution in [0.2, 0.25) is 0 Å². The van der Waals surface area contributed by atoms with E-state index in [1.165, 1.54) is 7.11 Å². The van der Waals surface area contributed by atoms with Crippen molar-refractivity contribution in [1.29, 1.82) is 0 Å². The van der Waals surface area contributed by atoms with Crippen molar-refractivity contribution in [2.75, 3.05) is 26.8 Å². The Morgan fingerprint density at radius 1 is 1.56 bits per heavy atom. The molecule has 0 radical (unpaired) electrons. The van der Waals surface area contributed by atoms with E-state index in [-0.39, 0.29) is 19.1 Å². The second-order valence-electron chi connectivity index (χ2n) is 4.91. The van der Waals surface area contributed by atoms with Gasteiger partial charge in [0.2, 0.25) is 5.91 Å². The van der Waals surface area contributed by atoms with Gasteiger partial charge >= 0.3 is 5.97 Å². The number of nitrogens with two attached hydrogens (primary N) is 1. The number of carbonyl (C=O) groups excluding carboxylic acids is 1. The monoisotopic (exact) mass is 258 g/mol. The number of ether oxygens (including phenoxy) is 1. The van der Waals surface area contributed by atoms with E-state index in [9.17, 15) is 14.7 Å². The Morgan fingerprint density at radius 3 is 2.72 bits per heavy atom. The van der Waals surface area contributed by atoms with E-state index in [0.717, 1.165) is 6.42 Å². The molecule has 18 heavy (non-hydrogen) atoms. The van der Waals surface area contributed by atoms with Crippen LogP contribution in [-0.2, 0) is 14.3 Å². The van der Waals surface area contributed by atoms with Gasteiger partial charge in [-0.2, -0.15) is 0 Å². The molecule has 6 nitrogen and oxygen atoms in total. The summed E-state index contributed by atoms with van der Waals surface area (Å²) in [6.07, 6.45) is 1.88. The van der Waals surface area contributed by atoms with Crippen LogP contribution in [0.1, 0.15) is 26.2 Å². The highest BCUT2D eigenvalue weighted by Gasteiger charge is 2.45. The number of nitrogens with zero attached hydrogens (tertiary/aromatic N) is 1. The highest BCUT2D eigenvalue weighted by Crippen LogP contribution is 2.35.